The SMILES string of the molecule is CN1CCC(NC(=O)c2cc(F)ccc2CN)CC1. The van der Waals surface area contributed by atoms with Gasteiger partial charge >= 0.3 is 0 Å². The number of nitrogens with zero attached hydrogens (tertiary/aromatic N) is 1. The van der Waals surface area contributed by atoms with Crippen LogP contribution in [-0.2, 0) is 6.54 Å². The van der Waals surface area contributed by atoms with Gasteiger partial charge in [-0.3, -0.25) is 4.79 Å². The number of amides is 1. The van der Waals surface area contributed by atoms with Crippen molar-refractivity contribution in [2.24, 2.45) is 5.73 Å². The molecule has 0 spiro atoms. The first-order chi connectivity index (χ1) is 9.10. The van der Waals surface area contributed by atoms with Crippen LogP contribution in [0.1, 0.15) is 28.8 Å². The van der Waals surface area contributed by atoms with Gasteiger partial charge in [0.15, 0.2) is 0 Å². The normalized spacial score (nSPS) is 17.4. The third kappa shape index (κ3) is 3.52. The third-order valence-electron chi connectivity index (χ3n) is 3.59. The lowest BCUT2D eigenvalue weighted by molar-refractivity contribution is 0.0915. The summed E-state index contributed by atoms with van der Waals surface area (Å²) in [7, 11) is 2.07. The molecule has 4 nitrogen and oxygen atoms in total. The van der Waals surface area contributed by atoms with Crippen LogP contribution in [0, 0.1) is 5.82 Å². The van der Waals surface area contributed by atoms with Crippen LogP contribution in [0.4, 0.5) is 4.39 Å². The number of halogens is 1. The molecule has 1 aliphatic heterocycles. The Bertz CT molecular complexity index is 456. The highest BCUT2D eigenvalue weighted by Gasteiger charge is 2.20. The number of likely N-dealkylation sites (tertiary alicyclic amines) is 1. The summed E-state index contributed by atoms with van der Waals surface area (Å²) in [6, 6.07) is 4.32. The second kappa shape index (κ2) is 6.12. The molecule has 1 saturated heterocycles. The van der Waals surface area contributed by atoms with Gasteiger partial charge in [-0.25, -0.2) is 4.39 Å². The van der Waals surface area contributed by atoms with Crippen molar-refractivity contribution >= 4 is 5.91 Å². The lowest BCUT2D eigenvalue weighted by atomic mass is 10.0. The first-order valence-electron chi connectivity index (χ1n) is 6.58. The molecule has 3 N–H and O–H groups in total. The maximum atomic E-state index is 13.2. The first kappa shape index (κ1) is 14.0. The average Bonchev–Trinajstić information content (AvgIpc) is 2.41. The minimum atomic E-state index is -0.411. The van der Waals surface area contributed by atoms with Gasteiger partial charge in [0.25, 0.3) is 5.91 Å². The molecule has 0 aliphatic carbocycles. The number of carbonyl (C=O) groups excluding carboxylic acids is 1. The fourth-order valence-corrected chi connectivity index (χ4v) is 2.35. The average molecular weight is 265 g/mol. The molecule has 5 heteroatoms. The Morgan fingerprint density at radius 2 is 2.16 bits per heavy atom. The van der Waals surface area contributed by atoms with Crippen molar-refractivity contribution in [3.8, 4) is 0 Å². The van der Waals surface area contributed by atoms with E-state index >= 15 is 0 Å². The van der Waals surface area contributed by atoms with Gasteiger partial charge < -0.3 is 16.0 Å². The molecule has 1 aromatic carbocycles. The molecule has 0 radical (unpaired) electrons. The molecule has 0 atom stereocenters. The fraction of sp³-hybridized carbons (Fsp3) is 0.500. The number of hydrogen-bond donors (Lipinski definition) is 2. The summed E-state index contributed by atoms with van der Waals surface area (Å²) >= 11 is 0. The molecular weight excluding hydrogens is 245 g/mol. The summed E-state index contributed by atoms with van der Waals surface area (Å²) in [5, 5.41) is 2.97. The zero-order valence-electron chi connectivity index (χ0n) is 11.2. The van der Waals surface area contributed by atoms with Crippen molar-refractivity contribution in [3.63, 3.8) is 0 Å². The monoisotopic (exact) mass is 265 g/mol. The van der Waals surface area contributed by atoms with Crippen LogP contribution in [0.15, 0.2) is 18.2 Å². The Morgan fingerprint density at radius 3 is 2.79 bits per heavy atom. The van der Waals surface area contributed by atoms with Gasteiger partial charge in [0.1, 0.15) is 5.82 Å². The van der Waals surface area contributed by atoms with Gasteiger partial charge in [-0.2, -0.15) is 0 Å². The Kier molecular flexibility index (Phi) is 4.50. The van der Waals surface area contributed by atoms with Gasteiger partial charge in [0.05, 0.1) is 0 Å². The van der Waals surface area contributed by atoms with Gasteiger partial charge in [0.2, 0.25) is 0 Å². The van der Waals surface area contributed by atoms with Gasteiger partial charge in [-0.05, 0) is 50.7 Å². The number of piperidine rings is 1. The number of nitrogens with one attached hydrogen (secondary N) is 1. The molecule has 2 rings (SSSR count). The van der Waals surface area contributed by atoms with Crippen LogP contribution in [0.3, 0.4) is 0 Å². The number of hydrogen-bond acceptors (Lipinski definition) is 3. The quantitative estimate of drug-likeness (QED) is 0.860. The minimum Gasteiger partial charge on any atom is -0.349 e. The van der Waals surface area contributed by atoms with Crippen LogP contribution in [0.5, 0.6) is 0 Å². The smallest absolute Gasteiger partial charge is 0.251 e. The molecule has 1 aromatic rings. The summed E-state index contributed by atoms with van der Waals surface area (Å²) in [5.74, 6) is -0.639. The van der Waals surface area contributed by atoms with Crippen molar-refractivity contribution in [1.82, 2.24) is 10.2 Å². The van der Waals surface area contributed by atoms with Crippen LogP contribution >= 0.6 is 0 Å². The van der Waals surface area contributed by atoms with E-state index in [0.717, 1.165) is 25.9 Å². The highest BCUT2D eigenvalue weighted by molar-refractivity contribution is 5.95. The summed E-state index contributed by atoms with van der Waals surface area (Å²) in [6.07, 6.45) is 1.85. The lowest BCUT2D eigenvalue weighted by Gasteiger charge is -2.29. The van der Waals surface area contributed by atoms with Gasteiger partial charge in [0, 0.05) is 18.2 Å². The van der Waals surface area contributed by atoms with E-state index in [1.54, 1.807) is 6.07 Å². The van der Waals surface area contributed by atoms with E-state index in [2.05, 4.69) is 17.3 Å². The first-order valence-corrected chi connectivity index (χ1v) is 6.58. The molecule has 19 heavy (non-hydrogen) atoms. The van der Waals surface area contributed by atoms with Crippen LogP contribution < -0.4 is 11.1 Å². The predicted molar refractivity (Wildman–Crippen MR) is 72.3 cm³/mol. The molecule has 1 heterocycles. The van der Waals surface area contributed by atoms with E-state index in [1.807, 2.05) is 0 Å². The Labute approximate surface area is 112 Å². The van der Waals surface area contributed by atoms with Crippen molar-refractivity contribution in [1.29, 1.82) is 0 Å². The zero-order chi connectivity index (χ0) is 13.8. The number of nitrogens with two attached hydrogens (primary N) is 1. The molecule has 104 valence electrons. The topological polar surface area (TPSA) is 58.4 Å². The molecule has 1 amide bonds. The molecule has 0 aromatic heterocycles. The highest BCUT2D eigenvalue weighted by Crippen LogP contribution is 2.13. The van der Waals surface area contributed by atoms with Crippen molar-refractivity contribution in [2.45, 2.75) is 25.4 Å². The molecular formula is C14H20FN3O. The maximum Gasteiger partial charge on any atom is 0.251 e. The Hall–Kier alpha value is -1.46. The standard InChI is InChI=1S/C14H20FN3O/c1-18-6-4-12(5-7-18)17-14(19)13-8-11(15)3-2-10(13)9-16/h2-3,8,12H,4-7,9,16H2,1H3,(H,17,19). The van der Waals surface area contributed by atoms with E-state index in [9.17, 15) is 9.18 Å². The summed E-state index contributed by atoms with van der Waals surface area (Å²) < 4.78 is 13.2. The molecule has 0 unspecified atom stereocenters. The summed E-state index contributed by atoms with van der Waals surface area (Å²) in [4.78, 5) is 14.4. The third-order valence-corrected chi connectivity index (χ3v) is 3.59. The van der Waals surface area contributed by atoms with E-state index in [-0.39, 0.29) is 18.5 Å². The van der Waals surface area contributed by atoms with Crippen LogP contribution in [0.25, 0.3) is 0 Å². The van der Waals surface area contributed by atoms with Crippen LogP contribution in [-0.4, -0.2) is 37.0 Å². The van der Waals surface area contributed by atoms with E-state index in [4.69, 9.17) is 5.73 Å². The summed E-state index contributed by atoms with van der Waals surface area (Å²) in [5.41, 5.74) is 6.60. The molecule has 0 saturated carbocycles. The van der Waals surface area contributed by atoms with E-state index in [0.29, 0.717) is 11.1 Å². The van der Waals surface area contributed by atoms with Crippen molar-refractivity contribution < 1.29 is 9.18 Å². The minimum absolute atomic E-state index is 0.164. The fourth-order valence-electron chi connectivity index (χ4n) is 2.35. The lowest BCUT2D eigenvalue weighted by Crippen LogP contribution is -2.43. The summed E-state index contributed by atoms with van der Waals surface area (Å²) in [6.45, 7) is 2.17. The van der Waals surface area contributed by atoms with Gasteiger partial charge in [-0.15, -0.1) is 0 Å². The maximum absolute atomic E-state index is 13.2. The van der Waals surface area contributed by atoms with E-state index < -0.39 is 5.82 Å². The molecule has 0 bridgehead atoms. The number of rotatable bonds is 3. The van der Waals surface area contributed by atoms with Gasteiger partial charge in [-0.1, -0.05) is 6.07 Å². The van der Waals surface area contributed by atoms with Crippen LogP contribution in [0.2, 0.25) is 0 Å². The zero-order valence-corrected chi connectivity index (χ0v) is 11.2. The highest BCUT2D eigenvalue weighted by atomic mass is 19.1. The second-order valence-electron chi connectivity index (χ2n) is 5.06. The van der Waals surface area contributed by atoms with E-state index in [1.165, 1.54) is 12.1 Å². The Morgan fingerprint density at radius 1 is 1.47 bits per heavy atom. The number of benzene rings is 1. The molecule has 1 aliphatic rings. The number of carbonyl (C=O) groups is 1. The van der Waals surface area contributed by atoms with Crippen molar-refractivity contribution in [2.75, 3.05) is 20.1 Å². The second-order valence-corrected chi connectivity index (χ2v) is 5.06. The Balaban J connectivity index is 2.05. The molecule has 1 fully saturated rings. The predicted octanol–water partition coefficient (Wildman–Crippen LogP) is 1.11. The van der Waals surface area contributed by atoms with Crippen molar-refractivity contribution in [3.05, 3.63) is 35.1 Å². The largest absolute Gasteiger partial charge is 0.349 e.